The smallest absolute Gasteiger partial charge is 0.166 e. The lowest BCUT2D eigenvalue weighted by Crippen LogP contribution is -2.45. The Kier molecular flexibility index (Phi) is 6.37. The molecule has 1 aromatic rings. The van der Waals surface area contributed by atoms with Gasteiger partial charge in [0.2, 0.25) is 0 Å². The molecule has 2 rings (SSSR count). The molecule has 3 atom stereocenters. The van der Waals surface area contributed by atoms with Crippen LogP contribution < -0.4 is 9.47 Å². The molecule has 0 N–H and O–H groups in total. The second-order valence-corrected chi connectivity index (χ2v) is 6.51. The lowest BCUT2D eigenvalue weighted by molar-refractivity contribution is -0.128. The first-order valence-electron chi connectivity index (χ1n) is 8.56. The number of benzene rings is 1. The first-order valence-corrected chi connectivity index (χ1v) is 8.56. The van der Waals surface area contributed by atoms with E-state index in [4.69, 9.17) is 14.2 Å². The second kappa shape index (κ2) is 8.32. The Labute approximate surface area is 154 Å². The van der Waals surface area contributed by atoms with Gasteiger partial charge in [-0.2, -0.15) is 0 Å². The molecule has 3 unspecified atom stereocenters. The van der Waals surface area contributed by atoms with Crippen molar-refractivity contribution in [3.05, 3.63) is 48.6 Å². The molecule has 1 aromatic carbocycles. The maximum Gasteiger partial charge on any atom is 0.166 e. The highest BCUT2D eigenvalue weighted by Gasteiger charge is 2.47. The fraction of sp³-hybridized carbons (Fsp3) is 0.429. The van der Waals surface area contributed by atoms with Crippen molar-refractivity contribution in [2.45, 2.75) is 25.9 Å². The quantitative estimate of drug-likeness (QED) is 0.524. The normalized spacial score (nSPS) is 23.4. The number of hydrogen-bond donors (Lipinski definition) is 0. The summed E-state index contributed by atoms with van der Waals surface area (Å²) < 4.78 is 15.9. The molecule has 1 aliphatic rings. The van der Waals surface area contributed by atoms with E-state index in [1.54, 1.807) is 51.5 Å². The van der Waals surface area contributed by atoms with Crippen LogP contribution in [0.3, 0.4) is 0 Å². The summed E-state index contributed by atoms with van der Waals surface area (Å²) in [5, 5.41) is 0. The van der Waals surface area contributed by atoms with Gasteiger partial charge < -0.3 is 14.2 Å². The van der Waals surface area contributed by atoms with E-state index in [0.717, 1.165) is 0 Å². The van der Waals surface area contributed by atoms with Crippen LogP contribution in [0.5, 0.6) is 11.5 Å². The van der Waals surface area contributed by atoms with Crippen molar-refractivity contribution in [3.8, 4) is 11.5 Å². The van der Waals surface area contributed by atoms with Gasteiger partial charge in [-0.1, -0.05) is 19.1 Å². The number of carbonyl (C=O) groups excluding carboxylic acids is 2. The third-order valence-corrected chi connectivity index (χ3v) is 5.22. The SMILES string of the molecule is C=CCC1(C(C)C(=O)c2ccc(OC)c(OC)c2)CC(OC)C=CC1=O. The molecule has 0 amide bonds. The summed E-state index contributed by atoms with van der Waals surface area (Å²) in [7, 11) is 4.66. The van der Waals surface area contributed by atoms with Crippen molar-refractivity contribution in [3.63, 3.8) is 0 Å². The molecule has 0 aliphatic heterocycles. The largest absolute Gasteiger partial charge is 0.493 e. The van der Waals surface area contributed by atoms with Crippen LogP contribution in [0, 0.1) is 11.3 Å². The minimum atomic E-state index is -0.860. The maximum absolute atomic E-state index is 13.2. The van der Waals surface area contributed by atoms with Crippen LogP contribution in [0.4, 0.5) is 0 Å². The minimum Gasteiger partial charge on any atom is -0.493 e. The summed E-state index contributed by atoms with van der Waals surface area (Å²) in [6.45, 7) is 5.58. The van der Waals surface area contributed by atoms with Gasteiger partial charge in [0.1, 0.15) is 0 Å². The highest BCUT2D eigenvalue weighted by atomic mass is 16.5. The molecule has 0 aromatic heterocycles. The van der Waals surface area contributed by atoms with Crippen LogP contribution in [-0.2, 0) is 9.53 Å². The Morgan fingerprint density at radius 1 is 1.31 bits per heavy atom. The lowest BCUT2D eigenvalue weighted by atomic mass is 9.63. The van der Waals surface area contributed by atoms with Gasteiger partial charge in [0.25, 0.3) is 0 Å². The molecule has 0 fully saturated rings. The predicted octanol–water partition coefficient (Wildman–Crippen LogP) is 3.63. The van der Waals surface area contributed by atoms with E-state index < -0.39 is 11.3 Å². The predicted molar refractivity (Wildman–Crippen MR) is 99.8 cm³/mol. The third kappa shape index (κ3) is 3.58. The Morgan fingerprint density at radius 2 is 2.00 bits per heavy atom. The standard InChI is InChI=1S/C21H26O5/c1-6-11-21(13-16(24-3)8-10-19(21)22)14(2)20(23)15-7-9-17(25-4)18(12-15)26-5/h6-10,12,14,16H,1,11,13H2,2-5H3. The first kappa shape index (κ1) is 19.9. The third-order valence-electron chi connectivity index (χ3n) is 5.22. The Morgan fingerprint density at radius 3 is 2.58 bits per heavy atom. The van der Waals surface area contributed by atoms with E-state index in [1.807, 2.05) is 0 Å². The highest BCUT2D eigenvalue weighted by Crippen LogP contribution is 2.43. The van der Waals surface area contributed by atoms with Gasteiger partial charge in [-0.05, 0) is 37.1 Å². The summed E-state index contributed by atoms with van der Waals surface area (Å²) in [4.78, 5) is 26.0. The van der Waals surface area contributed by atoms with Crippen LogP contribution in [0.25, 0.3) is 0 Å². The number of ether oxygens (including phenoxy) is 3. The van der Waals surface area contributed by atoms with Gasteiger partial charge in [0.05, 0.1) is 20.3 Å². The van der Waals surface area contributed by atoms with Crippen LogP contribution in [0.1, 0.15) is 30.1 Å². The summed E-state index contributed by atoms with van der Waals surface area (Å²) in [5.41, 5.74) is -0.378. The minimum absolute atomic E-state index is 0.0629. The van der Waals surface area contributed by atoms with E-state index in [2.05, 4.69) is 6.58 Å². The molecule has 0 saturated heterocycles. The Bertz CT molecular complexity index is 721. The van der Waals surface area contributed by atoms with Gasteiger partial charge >= 0.3 is 0 Å². The first-order chi connectivity index (χ1) is 12.4. The van der Waals surface area contributed by atoms with Crippen molar-refractivity contribution >= 4 is 11.6 Å². The van der Waals surface area contributed by atoms with Crippen LogP contribution in [-0.4, -0.2) is 39.0 Å². The number of ketones is 2. The molecule has 0 saturated carbocycles. The summed E-state index contributed by atoms with van der Waals surface area (Å²) in [5.74, 6) is 0.314. The Balaban J connectivity index is 2.41. The van der Waals surface area contributed by atoms with Crippen molar-refractivity contribution in [2.24, 2.45) is 11.3 Å². The molecule has 0 radical (unpaired) electrons. The van der Waals surface area contributed by atoms with E-state index in [0.29, 0.717) is 29.9 Å². The van der Waals surface area contributed by atoms with E-state index in [1.165, 1.54) is 13.2 Å². The zero-order valence-electron chi connectivity index (χ0n) is 15.8. The molecule has 0 heterocycles. The fourth-order valence-corrected chi connectivity index (χ4v) is 3.55. The molecule has 5 heteroatoms. The zero-order chi connectivity index (χ0) is 19.3. The van der Waals surface area contributed by atoms with Crippen molar-refractivity contribution in [2.75, 3.05) is 21.3 Å². The summed E-state index contributed by atoms with van der Waals surface area (Å²) >= 11 is 0. The van der Waals surface area contributed by atoms with Gasteiger partial charge in [-0.25, -0.2) is 0 Å². The molecular weight excluding hydrogens is 332 g/mol. The topological polar surface area (TPSA) is 61.8 Å². The average Bonchev–Trinajstić information content (AvgIpc) is 2.68. The molecule has 5 nitrogen and oxygen atoms in total. The summed E-state index contributed by atoms with van der Waals surface area (Å²) in [6.07, 6.45) is 5.63. The highest BCUT2D eigenvalue weighted by molar-refractivity contribution is 6.05. The summed E-state index contributed by atoms with van der Waals surface area (Å²) in [6, 6.07) is 5.04. The molecule has 0 bridgehead atoms. The number of methoxy groups -OCH3 is 3. The van der Waals surface area contributed by atoms with Crippen molar-refractivity contribution in [1.82, 2.24) is 0 Å². The van der Waals surface area contributed by atoms with E-state index >= 15 is 0 Å². The molecule has 140 valence electrons. The van der Waals surface area contributed by atoms with Crippen LogP contribution in [0.15, 0.2) is 43.0 Å². The number of carbonyl (C=O) groups is 2. The van der Waals surface area contributed by atoms with E-state index in [-0.39, 0.29) is 17.7 Å². The number of allylic oxidation sites excluding steroid dienone is 2. The molecule has 1 aliphatic carbocycles. The zero-order valence-corrected chi connectivity index (χ0v) is 15.8. The van der Waals surface area contributed by atoms with Crippen LogP contribution in [0.2, 0.25) is 0 Å². The molecular formula is C21H26O5. The molecule has 26 heavy (non-hydrogen) atoms. The fourth-order valence-electron chi connectivity index (χ4n) is 3.55. The number of hydrogen-bond acceptors (Lipinski definition) is 5. The van der Waals surface area contributed by atoms with Gasteiger partial charge in [-0.3, -0.25) is 9.59 Å². The molecule has 0 spiro atoms. The number of rotatable bonds is 8. The van der Waals surface area contributed by atoms with Crippen LogP contribution >= 0.6 is 0 Å². The number of Topliss-reactive ketones (excluding diaryl/α,β-unsaturated/α-hetero) is 1. The second-order valence-electron chi connectivity index (χ2n) is 6.51. The van der Waals surface area contributed by atoms with Crippen molar-refractivity contribution in [1.29, 1.82) is 0 Å². The maximum atomic E-state index is 13.2. The average molecular weight is 358 g/mol. The Hall–Kier alpha value is -2.40. The lowest BCUT2D eigenvalue weighted by Gasteiger charge is -2.39. The van der Waals surface area contributed by atoms with Gasteiger partial charge in [0, 0.05) is 24.0 Å². The van der Waals surface area contributed by atoms with Gasteiger partial charge in [-0.15, -0.1) is 6.58 Å². The monoisotopic (exact) mass is 358 g/mol. The van der Waals surface area contributed by atoms with E-state index in [9.17, 15) is 9.59 Å². The van der Waals surface area contributed by atoms with Gasteiger partial charge in [0.15, 0.2) is 23.1 Å². The van der Waals surface area contributed by atoms with Crippen molar-refractivity contribution < 1.29 is 23.8 Å².